The number of nitrogens with one attached hydrogen (secondary N) is 1. The maximum Gasteiger partial charge on any atom is 0.134 e. The van der Waals surface area contributed by atoms with Gasteiger partial charge in [-0.05, 0) is 103 Å². The quantitative estimate of drug-likeness (QED) is 0.184. The Morgan fingerprint density at radius 3 is 2.08 bits per heavy atom. The van der Waals surface area contributed by atoms with Crippen molar-refractivity contribution in [3.8, 4) is 33.4 Å². The van der Waals surface area contributed by atoms with Gasteiger partial charge in [0.05, 0.1) is 11.7 Å². The summed E-state index contributed by atoms with van der Waals surface area (Å²) in [5, 5.41) is 6.26. The highest BCUT2D eigenvalue weighted by atomic mass is 15.0. The van der Waals surface area contributed by atoms with Gasteiger partial charge in [-0.3, -0.25) is 4.98 Å². The Hall–Kier alpha value is -6.76. The van der Waals surface area contributed by atoms with Gasteiger partial charge >= 0.3 is 0 Å². The summed E-state index contributed by atoms with van der Waals surface area (Å²) in [5.41, 5.74) is 19.7. The molecule has 0 radical (unpaired) electrons. The van der Waals surface area contributed by atoms with Crippen molar-refractivity contribution >= 4 is 34.5 Å². The third-order valence-electron chi connectivity index (χ3n) is 9.49. The average Bonchev–Trinajstić information content (AvgIpc) is 3.21. The molecular weight excluding hydrogens is 607 g/mol. The van der Waals surface area contributed by atoms with Gasteiger partial charge in [0.2, 0.25) is 0 Å². The second-order valence-electron chi connectivity index (χ2n) is 12.6. The fourth-order valence-corrected chi connectivity index (χ4v) is 6.84. The molecule has 0 spiro atoms. The van der Waals surface area contributed by atoms with Crippen LogP contribution in [0.25, 0.3) is 62.0 Å². The van der Waals surface area contributed by atoms with E-state index in [-0.39, 0.29) is 6.04 Å². The zero-order chi connectivity index (χ0) is 33.3. The molecule has 7 aromatic rings. The van der Waals surface area contributed by atoms with Crippen molar-refractivity contribution in [2.24, 2.45) is 4.99 Å². The van der Waals surface area contributed by atoms with Gasteiger partial charge in [0, 0.05) is 18.0 Å². The molecule has 1 unspecified atom stereocenters. The van der Waals surface area contributed by atoms with Gasteiger partial charge in [-0.1, -0.05) is 139 Å². The number of aliphatic imine (C=N–C) groups is 1. The average molecular weight is 638 g/mol. The van der Waals surface area contributed by atoms with Crippen LogP contribution in [-0.2, 0) is 0 Å². The first-order valence-corrected chi connectivity index (χ1v) is 16.8. The van der Waals surface area contributed by atoms with Gasteiger partial charge < -0.3 is 5.32 Å². The molecule has 0 fully saturated rings. The van der Waals surface area contributed by atoms with Gasteiger partial charge in [-0.2, -0.15) is 0 Å². The second kappa shape index (κ2) is 12.7. The molecule has 2 aliphatic rings. The van der Waals surface area contributed by atoms with Crippen LogP contribution in [-0.4, -0.2) is 10.8 Å². The SMILES string of the molecule is C1=C=Cc2c(cccc2-c2cccc(C3C=C(c4ccc(-c5cccnc5)cc4)N=C(c4ccc(-c5ccc6ccccc6c5)cc4)N3)c2)C=1. The molecule has 2 heterocycles. The monoisotopic (exact) mass is 637 g/mol. The Bertz CT molecular complexity index is 2560. The molecule has 1 aliphatic heterocycles. The first-order chi connectivity index (χ1) is 24.7. The largest absolute Gasteiger partial charge is 0.359 e. The summed E-state index contributed by atoms with van der Waals surface area (Å²) in [6.07, 6.45) is 9.95. The molecule has 234 valence electrons. The van der Waals surface area contributed by atoms with Crippen LogP contribution in [0.5, 0.6) is 0 Å². The fraction of sp³-hybridized carbons (Fsp3) is 0.0213. The summed E-state index contributed by atoms with van der Waals surface area (Å²) in [6, 6.07) is 51.6. The molecule has 1 aromatic heterocycles. The molecule has 0 bridgehead atoms. The predicted molar refractivity (Wildman–Crippen MR) is 207 cm³/mol. The Morgan fingerprint density at radius 2 is 1.24 bits per heavy atom. The van der Waals surface area contributed by atoms with E-state index in [0.29, 0.717) is 0 Å². The lowest BCUT2D eigenvalue weighted by atomic mass is 9.91. The van der Waals surface area contributed by atoms with E-state index in [9.17, 15) is 0 Å². The zero-order valence-corrected chi connectivity index (χ0v) is 27.2. The van der Waals surface area contributed by atoms with E-state index in [4.69, 9.17) is 4.99 Å². The smallest absolute Gasteiger partial charge is 0.134 e. The van der Waals surface area contributed by atoms with Gasteiger partial charge in [0.25, 0.3) is 0 Å². The summed E-state index contributed by atoms with van der Waals surface area (Å²) in [4.78, 5) is 9.51. The van der Waals surface area contributed by atoms with Crippen LogP contribution in [0.15, 0.2) is 181 Å². The Kier molecular flexibility index (Phi) is 7.46. The third kappa shape index (κ3) is 5.70. The van der Waals surface area contributed by atoms with Crippen molar-refractivity contribution < 1.29 is 0 Å². The van der Waals surface area contributed by atoms with Gasteiger partial charge in [0.15, 0.2) is 0 Å². The van der Waals surface area contributed by atoms with Crippen molar-refractivity contribution in [1.82, 2.24) is 10.3 Å². The highest BCUT2D eigenvalue weighted by Crippen LogP contribution is 2.34. The molecular formula is C47H31N3. The minimum Gasteiger partial charge on any atom is -0.359 e. The van der Waals surface area contributed by atoms with Crippen LogP contribution in [0.2, 0.25) is 0 Å². The standard InChI is InChI=1S/C47H31N3/c1-2-10-38-28-39(26-21-32(38)8-1)33-19-24-37(25-20-33)47-49-45(36-22-17-34(18-23-36)42-14-7-27-48-31-42)30-46(50-47)41-13-5-12-40(29-41)44-16-6-11-35-9-3-4-15-43(35)44/h1-2,5-31,46H,(H,49,50). The zero-order valence-electron chi connectivity index (χ0n) is 27.2. The topological polar surface area (TPSA) is 37.3 Å². The molecule has 3 nitrogen and oxygen atoms in total. The molecule has 9 rings (SSSR count). The molecule has 3 heteroatoms. The van der Waals surface area contributed by atoms with Crippen LogP contribution in [0.3, 0.4) is 0 Å². The summed E-state index contributed by atoms with van der Waals surface area (Å²) in [6.45, 7) is 0. The van der Waals surface area contributed by atoms with E-state index in [0.717, 1.165) is 50.5 Å². The molecule has 50 heavy (non-hydrogen) atoms. The van der Waals surface area contributed by atoms with Crippen LogP contribution in [0.4, 0.5) is 0 Å². The minimum absolute atomic E-state index is 0.0921. The molecule has 1 N–H and O–H groups in total. The highest BCUT2D eigenvalue weighted by Gasteiger charge is 2.21. The normalized spacial score (nSPS) is 14.5. The van der Waals surface area contributed by atoms with E-state index in [1.807, 2.05) is 24.4 Å². The number of amidine groups is 1. The number of nitrogens with zero attached hydrogens (tertiary/aromatic N) is 2. The number of benzene rings is 6. The number of hydrogen-bond acceptors (Lipinski definition) is 3. The Balaban J connectivity index is 1.09. The summed E-state index contributed by atoms with van der Waals surface area (Å²) < 4.78 is 0. The molecule has 1 aliphatic carbocycles. The number of rotatable bonds is 6. The van der Waals surface area contributed by atoms with Crippen LogP contribution >= 0.6 is 0 Å². The van der Waals surface area contributed by atoms with E-state index in [2.05, 4.69) is 167 Å². The van der Waals surface area contributed by atoms with Crippen molar-refractivity contribution in [2.45, 2.75) is 6.04 Å². The molecule has 6 aromatic carbocycles. The summed E-state index contributed by atoms with van der Waals surface area (Å²) >= 11 is 0. The van der Waals surface area contributed by atoms with E-state index in [1.54, 1.807) is 6.20 Å². The first kappa shape index (κ1) is 29.4. The lowest BCUT2D eigenvalue weighted by Gasteiger charge is -2.25. The number of pyridine rings is 1. The summed E-state index contributed by atoms with van der Waals surface area (Å²) in [5.74, 6) is 0.842. The van der Waals surface area contributed by atoms with E-state index >= 15 is 0 Å². The van der Waals surface area contributed by atoms with Crippen LogP contribution in [0, 0.1) is 0 Å². The second-order valence-corrected chi connectivity index (χ2v) is 12.6. The van der Waals surface area contributed by atoms with Crippen molar-refractivity contribution in [3.05, 3.63) is 203 Å². The van der Waals surface area contributed by atoms with Crippen molar-refractivity contribution in [3.63, 3.8) is 0 Å². The number of fused-ring (bicyclic) bond motifs is 2. The maximum absolute atomic E-state index is 5.21. The van der Waals surface area contributed by atoms with E-state index < -0.39 is 0 Å². The predicted octanol–water partition coefficient (Wildman–Crippen LogP) is 11.2. The minimum atomic E-state index is -0.0921. The van der Waals surface area contributed by atoms with Gasteiger partial charge in [0.1, 0.15) is 5.84 Å². The van der Waals surface area contributed by atoms with Crippen LogP contribution in [0.1, 0.15) is 33.9 Å². The lowest BCUT2D eigenvalue weighted by molar-refractivity contribution is 0.781. The third-order valence-corrected chi connectivity index (χ3v) is 9.49. The first-order valence-electron chi connectivity index (χ1n) is 16.8. The van der Waals surface area contributed by atoms with Crippen molar-refractivity contribution in [2.75, 3.05) is 0 Å². The summed E-state index contributed by atoms with van der Waals surface area (Å²) in [7, 11) is 0. The molecule has 0 saturated heterocycles. The van der Waals surface area contributed by atoms with Gasteiger partial charge in [-0.25, -0.2) is 4.99 Å². The Labute approximate surface area is 291 Å². The number of aromatic nitrogens is 1. The molecule has 0 saturated carbocycles. The lowest BCUT2D eigenvalue weighted by Crippen LogP contribution is -2.31. The molecule has 0 amide bonds. The highest BCUT2D eigenvalue weighted by molar-refractivity contribution is 6.04. The van der Waals surface area contributed by atoms with Crippen molar-refractivity contribution in [1.29, 1.82) is 0 Å². The maximum atomic E-state index is 5.21. The Morgan fingerprint density at radius 1 is 0.520 bits per heavy atom. The number of hydrogen-bond donors (Lipinski definition) is 1. The molecule has 1 atom stereocenters. The fourth-order valence-electron chi connectivity index (χ4n) is 6.84. The van der Waals surface area contributed by atoms with Crippen LogP contribution < -0.4 is 5.32 Å². The van der Waals surface area contributed by atoms with E-state index in [1.165, 1.54) is 33.0 Å². The van der Waals surface area contributed by atoms with Gasteiger partial charge in [-0.15, -0.1) is 0 Å².